The van der Waals surface area contributed by atoms with Crippen LogP contribution >= 0.6 is 11.3 Å². The monoisotopic (exact) mass is 330 g/mol. The highest BCUT2D eigenvalue weighted by Gasteiger charge is 2.44. The number of aryl methyl sites for hydroxylation is 1. The molecule has 0 radical (unpaired) electrons. The molecule has 122 valence electrons. The van der Waals surface area contributed by atoms with Gasteiger partial charge in [-0.15, -0.1) is 11.3 Å². The van der Waals surface area contributed by atoms with Crippen molar-refractivity contribution in [3.63, 3.8) is 0 Å². The minimum atomic E-state index is 0.288. The van der Waals surface area contributed by atoms with Gasteiger partial charge in [-0.3, -0.25) is 9.69 Å². The van der Waals surface area contributed by atoms with Gasteiger partial charge in [-0.1, -0.05) is 6.07 Å². The summed E-state index contributed by atoms with van der Waals surface area (Å²) >= 11 is 1.67. The number of carbonyl (C=O) groups excluding carboxylic acids is 1. The predicted octanol–water partition coefficient (Wildman–Crippen LogP) is 3.07. The Bertz CT molecular complexity index is 679. The minimum Gasteiger partial charge on any atom is -0.465 e. The molecule has 0 unspecified atom stereocenters. The van der Waals surface area contributed by atoms with E-state index in [4.69, 9.17) is 4.42 Å². The van der Waals surface area contributed by atoms with Crippen LogP contribution < -0.4 is 0 Å². The molecule has 2 aromatic rings. The lowest BCUT2D eigenvalue weighted by Crippen LogP contribution is -2.40. The number of thiophene rings is 1. The second kappa shape index (κ2) is 6.13. The summed E-state index contributed by atoms with van der Waals surface area (Å²) in [5.74, 6) is 2.29. The molecule has 2 aliphatic rings. The van der Waals surface area contributed by atoms with Gasteiger partial charge in [-0.25, -0.2) is 0 Å². The Morgan fingerprint density at radius 1 is 1.26 bits per heavy atom. The highest BCUT2D eigenvalue weighted by atomic mass is 32.1. The summed E-state index contributed by atoms with van der Waals surface area (Å²) < 4.78 is 5.72. The Hall–Kier alpha value is -1.59. The van der Waals surface area contributed by atoms with Crippen LogP contribution in [0.1, 0.15) is 29.2 Å². The lowest BCUT2D eigenvalue weighted by Gasteiger charge is -2.25. The molecule has 2 atom stereocenters. The van der Waals surface area contributed by atoms with Gasteiger partial charge in [-0.05, 0) is 43.3 Å². The molecule has 23 heavy (non-hydrogen) atoms. The van der Waals surface area contributed by atoms with E-state index in [1.54, 1.807) is 11.3 Å². The van der Waals surface area contributed by atoms with Crippen molar-refractivity contribution in [1.82, 2.24) is 9.80 Å². The zero-order chi connectivity index (χ0) is 15.8. The number of nitrogens with zero attached hydrogens (tertiary/aromatic N) is 2. The van der Waals surface area contributed by atoms with Crippen LogP contribution in [0.2, 0.25) is 0 Å². The van der Waals surface area contributed by atoms with Gasteiger partial charge < -0.3 is 9.32 Å². The molecule has 0 aliphatic carbocycles. The average Bonchev–Trinajstić information content (AvgIpc) is 3.26. The lowest BCUT2D eigenvalue weighted by atomic mass is 10.1. The summed E-state index contributed by atoms with van der Waals surface area (Å²) in [6.45, 7) is 4.80. The van der Waals surface area contributed by atoms with Gasteiger partial charge in [0.1, 0.15) is 11.5 Å². The average molecular weight is 330 g/mol. The fourth-order valence-corrected chi connectivity index (χ4v) is 4.71. The highest BCUT2D eigenvalue weighted by molar-refractivity contribution is 7.10. The van der Waals surface area contributed by atoms with E-state index in [0.717, 1.165) is 44.0 Å². The Kier molecular flexibility index (Phi) is 3.99. The van der Waals surface area contributed by atoms with Crippen LogP contribution in [0.25, 0.3) is 0 Å². The van der Waals surface area contributed by atoms with Crippen LogP contribution in [0, 0.1) is 6.92 Å². The largest absolute Gasteiger partial charge is 0.465 e. The number of fused-ring (bicyclic) bond motifs is 1. The second-order valence-corrected chi connectivity index (χ2v) is 7.57. The van der Waals surface area contributed by atoms with Crippen LogP contribution in [-0.4, -0.2) is 40.9 Å². The van der Waals surface area contributed by atoms with Crippen molar-refractivity contribution in [3.8, 4) is 0 Å². The van der Waals surface area contributed by atoms with E-state index < -0.39 is 0 Å². The summed E-state index contributed by atoms with van der Waals surface area (Å²) in [4.78, 5) is 18.4. The van der Waals surface area contributed by atoms with Crippen molar-refractivity contribution in [2.75, 3.05) is 13.1 Å². The first-order valence-electron chi connectivity index (χ1n) is 8.32. The third kappa shape index (κ3) is 2.95. The zero-order valence-corrected chi connectivity index (χ0v) is 14.2. The summed E-state index contributed by atoms with van der Waals surface area (Å²) in [5, 5.41) is 2.04. The predicted molar refractivity (Wildman–Crippen MR) is 90.4 cm³/mol. The fraction of sp³-hybridized carbons (Fsp3) is 0.500. The smallest absolute Gasteiger partial charge is 0.228 e. The molecule has 2 aliphatic heterocycles. The first kappa shape index (κ1) is 15.0. The maximum absolute atomic E-state index is 12.6. The van der Waals surface area contributed by atoms with Crippen LogP contribution in [0.5, 0.6) is 0 Å². The van der Waals surface area contributed by atoms with E-state index in [9.17, 15) is 4.79 Å². The third-order valence-corrected chi connectivity index (χ3v) is 5.95. The van der Waals surface area contributed by atoms with Gasteiger partial charge in [0, 0.05) is 30.1 Å². The van der Waals surface area contributed by atoms with Crippen molar-refractivity contribution in [3.05, 3.63) is 46.0 Å². The Labute approximate surface area is 140 Å². The van der Waals surface area contributed by atoms with Gasteiger partial charge in [0.05, 0.1) is 13.0 Å². The molecular formula is C18H22N2O2S. The van der Waals surface area contributed by atoms with Gasteiger partial charge in [0.2, 0.25) is 5.91 Å². The normalized spacial score (nSPS) is 24.3. The maximum atomic E-state index is 12.6. The van der Waals surface area contributed by atoms with E-state index in [1.165, 1.54) is 4.88 Å². The van der Waals surface area contributed by atoms with Gasteiger partial charge in [-0.2, -0.15) is 0 Å². The summed E-state index contributed by atoms with van der Waals surface area (Å²) in [6.07, 6.45) is 2.72. The first-order valence-corrected chi connectivity index (χ1v) is 9.20. The van der Waals surface area contributed by atoms with E-state index in [0.29, 0.717) is 18.5 Å². The van der Waals surface area contributed by atoms with Crippen LogP contribution in [-0.2, 0) is 17.8 Å². The SMILES string of the molecule is Cc1ccc(CN2CC[C@@H]3[C@@H]2CCN3C(=O)Cc2cccs2)o1. The zero-order valence-electron chi connectivity index (χ0n) is 13.4. The first-order chi connectivity index (χ1) is 11.2. The quantitative estimate of drug-likeness (QED) is 0.864. The molecule has 0 N–H and O–H groups in total. The Morgan fingerprint density at radius 3 is 2.87 bits per heavy atom. The van der Waals surface area contributed by atoms with E-state index in [1.807, 2.05) is 24.4 Å². The second-order valence-electron chi connectivity index (χ2n) is 6.54. The molecule has 0 aromatic carbocycles. The van der Waals surface area contributed by atoms with Crippen molar-refractivity contribution in [2.45, 2.75) is 44.8 Å². The number of hydrogen-bond donors (Lipinski definition) is 0. The molecule has 0 spiro atoms. The van der Waals surface area contributed by atoms with Crippen molar-refractivity contribution < 1.29 is 9.21 Å². The van der Waals surface area contributed by atoms with Crippen LogP contribution in [0.15, 0.2) is 34.1 Å². The van der Waals surface area contributed by atoms with Crippen LogP contribution in [0.4, 0.5) is 0 Å². The molecule has 1 amide bonds. The fourth-order valence-electron chi connectivity index (χ4n) is 4.02. The standard InChI is InChI=1S/C18H22N2O2S/c1-13-4-5-14(22-13)12-19-8-6-17-16(19)7-9-20(17)18(21)11-15-3-2-10-23-15/h2-5,10,16-17H,6-9,11-12H2,1H3/t16-,17+/m0/s1. The number of furan rings is 1. The molecule has 2 saturated heterocycles. The van der Waals surface area contributed by atoms with Crippen molar-refractivity contribution in [1.29, 1.82) is 0 Å². The number of likely N-dealkylation sites (tertiary alicyclic amines) is 2. The van der Waals surface area contributed by atoms with E-state index in [-0.39, 0.29) is 5.91 Å². The summed E-state index contributed by atoms with van der Waals surface area (Å²) in [7, 11) is 0. The molecule has 4 heterocycles. The molecule has 0 bridgehead atoms. The van der Waals surface area contributed by atoms with E-state index in [2.05, 4.69) is 21.9 Å². The van der Waals surface area contributed by atoms with E-state index >= 15 is 0 Å². The van der Waals surface area contributed by atoms with Gasteiger partial charge in [0.15, 0.2) is 0 Å². The Balaban J connectivity index is 1.40. The van der Waals surface area contributed by atoms with Crippen LogP contribution in [0.3, 0.4) is 0 Å². The number of hydrogen-bond acceptors (Lipinski definition) is 4. The summed E-state index contributed by atoms with van der Waals surface area (Å²) in [6, 6.07) is 9.04. The summed E-state index contributed by atoms with van der Waals surface area (Å²) in [5.41, 5.74) is 0. The minimum absolute atomic E-state index is 0.288. The topological polar surface area (TPSA) is 36.7 Å². The highest BCUT2D eigenvalue weighted by Crippen LogP contribution is 2.33. The molecule has 2 fully saturated rings. The van der Waals surface area contributed by atoms with Crippen molar-refractivity contribution in [2.24, 2.45) is 0 Å². The molecule has 4 rings (SSSR count). The Morgan fingerprint density at radius 2 is 2.13 bits per heavy atom. The van der Waals surface area contributed by atoms with Gasteiger partial charge in [0.25, 0.3) is 0 Å². The molecule has 2 aromatic heterocycles. The van der Waals surface area contributed by atoms with Gasteiger partial charge >= 0.3 is 0 Å². The molecule has 0 saturated carbocycles. The lowest BCUT2D eigenvalue weighted by molar-refractivity contribution is -0.131. The maximum Gasteiger partial charge on any atom is 0.228 e. The molecule has 4 nitrogen and oxygen atoms in total. The third-order valence-electron chi connectivity index (χ3n) is 5.07. The van der Waals surface area contributed by atoms with Crippen molar-refractivity contribution >= 4 is 17.2 Å². The molecule has 5 heteroatoms. The molecular weight excluding hydrogens is 308 g/mol. The number of carbonyl (C=O) groups is 1. The number of amides is 1. The number of rotatable bonds is 4.